The molecule has 0 saturated carbocycles. The molecule has 1 aliphatic rings. The quantitative estimate of drug-likeness (QED) is 0.667. The van der Waals surface area contributed by atoms with Crippen molar-refractivity contribution in [2.75, 3.05) is 26.1 Å². The molecule has 2 N–H and O–H groups in total. The van der Waals surface area contributed by atoms with Crippen LogP contribution in [0.25, 0.3) is 0 Å². The van der Waals surface area contributed by atoms with Crippen LogP contribution in [0.15, 0.2) is 41.4 Å². The summed E-state index contributed by atoms with van der Waals surface area (Å²) in [7, 11) is -1.63. The van der Waals surface area contributed by atoms with Gasteiger partial charge in [-0.3, -0.25) is 5.32 Å². The highest BCUT2D eigenvalue weighted by Crippen LogP contribution is 2.24. The third-order valence-corrected chi connectivity index (χ3v) is 4.49. The molecule has 0 aromatic carbocycles. The van der Waals surface area contributed by atoms with Gasteiger partial charge in [0.05, 0.1) is 20.3 Å². The number of amides is 2. The topological polar surface area (TPSA) is 151 Å². The number of sulfonamides is 1. The van der Waals surface area contributed by atoms with Crippen LogP contribution in [0.5, 0.6) is 17.5 Å². The average molecular weight is 409 g/mol. The minimum absolute atomic E-state index is 0.0587. The maximum atomic E-state index is 12.5. The minimum atomic E-state index is -4.36. The lowest BCUT2D eigenvalue weighted by Crippen LogP contribution is -2.35. The van der Waals surface area contributed by atoms with E-state index in [1.165, 1.54) is 44.9 Å². The number of anilines is 1. The van der Waals surface area contributed by atoms with Crippen LogP contribution >= 0.6 is 0 Å². The van der Waals surface area contributed by atoms with Gasteiger partial charge in [0.2, 0.25) is 22.7 Å². The predicted molar refractivity (Wildman–Crippen MR) is 93.4 cm³/mol. The van der Waals surface area contributed by atoms with E-state index in [9.17, 15) is 13.2 Å². The average Bonchev–Trinajstić information content (AvgIpc) is 2.64. The summed E-state index contributed by atoms with van der Waals surface area (Å²) in [6.07, 6.45) is 2.58. The van der Waals surface area contributed by atoms with Crippen LogP contribution in [0.4, 0.5) is 10.7 Å². The summed E-state index contributed by atoms with van der Waals surface area (Å²) in [6, 6.07) is 3.16. The summed E-state index contributed by atoms with van der Waals surface area (Å²) >= 11 is 0. The fraction of sp³-hybridized carbons (Fsp3) is 0.200. The molecule has 2 aromatic heterocycles. The molecule has 0 atom stereocenters. The van der Waals surface area contributed by atoms with Crippen molar-refractivity contribution in [1.29, 1.82) is 0 Å². The Kier molecular flexibility index (Phi) is 5.44. The SMILES string of the molecule is COc1cc(OC)nc(NC(=O)NS(=O)(=O)c2ncccc2OC2=COC2)n1. The van der Waals surface area contributed by atoms with Gasteiger partial charge in [-0.1, -0.05) is 0 Å². The van der Waals surface area contributed by atoms with Crippen molar-refractivity contribution in [3.8, 4) is 17.5 Å². The van der Waals surface area contributed by atoms with Crippen molar-refractivity contribution < 1.29 is 32.2 Å². The van der Waals surface area contributed by atoms with Gasteiger partial charge in [0.15, 0.2) is 11.5 Å². The Hall–Kier alpha value is -3.61. The first kappa shape index (κ1) is 19.2. The molecule has 0 bridgehead atoms. The fourth-order valence-electron chi connectivity index (χ4n) is 1.97. The second-order valence-electron chi connectivity index (χ2n) is 5.14. The number of rotatable bonds is 7. The minimum Gasteiger partial charge on any atom is -0.489 e. The molecule has 0 spiro atoms. The van der Waals surface area contributed by atoms with Crippen LogP contribution in [-0.4, -0.2) is 50.2 Å². The first-order chi connectivity index (χ1) is 13.4. The Labute approximate surface area is 159 Å². The Bertz CT molecular complexity index is 1000. The third kappa shape index (κ3) is 4.37. The molecule has 148 valence electrons. The number of hydrogen-bond donors (Lipinski definition) is 2. The zero-order valence-electron chi connectivity index (χ0n) is 14.7. The van der Waals surface area contributed by atoms with E-state index in [4.69, 9.17) is 18.9 Å². The number of nitrogens with one attached hydrogen (secondary N) is 2. The summed E-state index contributed by atoms with van der Waals surface area (Å²) in [4.78, 5) is 23.7. The summed E-state index contributed by atoms with van der Waals surface area (Å²) in [6.45, 7) is 0.206. The molecule has 13 heteroatoms. The maximum absolute atomic E-state index is 12.5. The van der Waals surface area contributed by atoms with Crippen molar-refractivity contribution in [3.05, 3.63) is 36.4 Å². The summed E-state index contributed by atoms with van der Waals surface area (Å²) in [5.41, 5.74) is 0. The van der Waals surface area contributed by atoms with Crippen LogP contribution in [0.3, 0.4) is 0 Å². The van der Waals surface area contributed by atoms with E-state index in [2.05, 4.69) is 20.3 Å². The molecule has 0 aliphatic carbocycles. The second-order valence-corrected chi connectivity index (χ2v) is 6.74. The molecule has 0 fully saturated rings. The highest BCUT2D eigenvalue weighted by atomic mass is 32.2. The fourth-order valence-corrected chi connectivity index (χ4v) is 2.93. The number of carbonyl (C=O) groups excluding carboxylic acids is 1. The van der Waals surface area contributed by atoms with Crippen LogP contribution in [0.1, 0.15) is 0 Å². The Morgan fingerprint density at radius 1 is 1.21 bits per heavy atom. The smallest absolute Gasteiger partial charge is 0.335 e. The van der Waals surface area contributed by atoms with Gasteiger partial charge in [0.1, 0.15) is 12.9 Å². The number of ether oxygens (including phenoxy) is 4. The summed E-state index contributed by atoms with van der Waals surface area (Å²) in [5, 5.41) is 1.72. The number of urea groups is 1. The van der Waals surface area contributed by atoms with Crippen LogP contribution in [0, 0.1) is 0 Å². The van der Waals surface area contributed by atoms with Crippen LogP contribution in [0.2, 0.25) is 0 Å². The predicted octanol–water partition coefficient (Wildman–Crippen LogP) is 0.650. The van der Waals surface area contributed by atoms with E-state index < -0.39 is 21.1 Å². The first-order valence-electron chi connectivity index (χ1n) is 7.65. The van der Waals surface area contributed by atoms with Gasteiger partial charge in [0, 0.05) is 6.20 Å². The lowest BCUT2D eigenvalue weighted by Gasteiger charge is -2.17. The van der Waals surface area contributed by atoms with Gasteiger partial charge in [-0.05, 0) is 12.1 Å². The zero-order chi connectivity index (χ0) is 20.1. The van der Waals surface area contributed by atoms with Crippen molar-refractivity contribution in [1.82, 2.24) is 19.7 Å². The summed E-state index contributed by atoms with van der Waals surface area (Å²) in [5.74, 6) is 0.364. The molecule has 1 aliphatic heterocycles. The Balaban J connectivity index is 1.77. The standard InChI is InChI=1S/C15H15N5O7S/c1-24-11-6-12(25-2)18-14(17-11)19-15(21)20-28(22,23)13-10(4-3-5-16-13)27-9-7-26-8-9/h3-7H,8H2,1-2H3,(H2,17,18,19,20,21). The zero-order valence-corrected chi connectivity index (χ0v) is 15.5. The van der Waals surface area contributed by atoms with E-state index in [1.54, 1.807) is 0 Å². The molecule has 12 nitrogen and oxygen atoms in total. The highest BCUT2D eigenvalue weighted by molar-refractivity contribution is 7.90. The van der Waals surface area contributed by atoms with Gasteiger partial charge < -0.3 is 18.9 Å². The van der Waals surface area contributed by atoms with Crippen molar-refractivity contribution in [3.63, 3.8) is 0 Å². The first-order valence-corrected chi connectivity index (χ1v) is 9.14. The number of carbonyl (C=O) groups is 1. The van der Waals surface area contributed by atoms with Gasteiger partial charge in [-0.25, -0.2) is 14.5 Å². The lowest BCUT2D eigenvalue weighted by atomic mass is 10.4. The third-order valence-electron chi connectivity index (χ3n) is 3.22. The molecule has 3 heterocycles. The van der Waals surface area contributed by atoms with E-state index in [0.717, 1.165) is 0 Å². The van der Waals surface area contributed by atoms with E-state index >= 15 is 0 Å². The molecular formula is C15H15N5O7S. The van der Waals surface area contributed by atoms with Crippen molar-refractivity contribution in [2.45, 2.75) is 5.03 Å². The number of nitrogens with zero attached hydrogens (tertiary/aromatic N) is 3. The highest BCUT2D eigenvalue weighted by Gasteiger charge is 2.26. The van der Waals surface area contributed by atoms with E-state index in [-0.39, 0.29) is 30.1 Å². The lowest BCUT2D eigenvalue weighted by molar-refractivity contribution is 0.154. The van der Waals surface area contributed by atoms with E-state index in [0.29, 0.717) is 5.76 Å². The number of pyridine rings is 1. The van der Waals surface area contributed by atoms with Gasteiger partial charge in [-0.2, -0.15) is 18.4 Å². The van der Waals surface area contributed by atoms with Crippen LogP contribution < -0.4 is 24.2 Å². The second kappa shape index (κ2) is 7.96. The largest absolute Gasteiger partial charge is 0.489 e. The molecular weight excluding hydrogens is 394 g/mol. The number of aromatic nitrogens is 3. The summed E-state index contributed by atoms with van der Waals surface area (Å²) < 4.78 is 47.0. The molecule has 3 rings (SSSR count). The number of methoxy groups -OCH3 is 2. The normalized spacial score (nSPS) is 12.7. The van der Waals surface area contributed by atoms with Gasteiger partial charge >= 0.3 is 6.03 Å². The maximum Gasteiger partial charge on any atom is 0.335 e. The number of hydrogen-bond acceptors (Lipinski definition) is 10. The van der Waals surface area contributed by atoms with Gasteiger partial charge in [-0.15, -0.1) is 0 Å². The Morgan fingerprint density at radius 2 is 1.89 bits per heavy atom. The Morgan fingerprint density at radius 3 is 2.46 bits per heavy atom. The molecule has 2 amide bonds. The molecule has 28 heavy (non-hydrogen) atoms. The van der Waals surface area contributed by atoms with Crippen molar-refractivity contribution in [2.24, 2.45) is 0 Å². The molecule has 0 saturated heterocycles. The van der Waals surface area contributed by atoms with Crippen molar-refractivity contribution >= 4 is 22.0 Å². The molecule has 0 unspecified atom stereocenters. The molecule has 0 radical (unpaired) electrons. The van der Waals surface area contributed by atoms with E-state index in [1.807, 2.05) is 4.72 Å². The van der Waals surface area contributed by atoms with Gasteiger partial charge in [0.25, 0.3) is 10.0 Å². The molecule has 2 aromatic rings. The monoisotopic (exact) mass is 409 g/mol. The van der Waals surface area contributed by atoms with Crippen LogP contribution in [-0.2, 0) is 14.8 Å².